The molecule has 0 aromatic rings. The second-order valence-electron chi connectivity index (χ2n) is 5.54. The molecule has 2 saturated carbocycles. The molecule has 3 rings (SSSR count). The van der Waals surface area contributed by atoms with Crippen molar-refractivity contribution in [2.75, 3.05) is 13.2 Å². The van der Waals surface area contributed by atoms with Crippen LogP contribution >= 0.6 is 0 Å². The van der Waals surface area contributed by atoms with Crippen molar-refractivity contribution in [1.82, 2.24) is 5.32 Å². The Kier molecular flexibility index (Phi) is 2.48. The summed E-state index contributed by atoms with van der Waals surface area (Å²) in [6.07, 6.45) is 3.51. The van der Waals surface area contributed by atoms with Crippen molar-refractivity contribution < 1.29 is 13.5 Å². The molecule has 0 radical (unpaired) electrons. The fourth-order valence-electron chi connectivity index (χ4n) is 3.26. The number of hydrogen-bond acceptors (Lipinski definition) is 2. The monoisotopic (exact) mass is 231 g/mol. The molecule has 1 saturated heterocycles. The summed E-state index contributed by atoms with van der Waals surface area (Å²) in [7, 11) is 0. The summed E-state index contributed by atoms with van der Waals surface area (Å²) in [4.78, 5) is 0. The summed E-state index contributed by atoms with van der Waals surface area (Å²) in [5.41, 5.74) is -0.277. The van der Waals surface area contributed by atoms with Crippen molar-refractivity contribution >= 4 is 0 Å². The third kappa shape index (κ3) is 1.86. The van der Waals surface area contributed by atoms with Gasteiger partial charge in [-0.1, -0.05) is 0 Å². The second kappa shape index (κ2) is 3.64. The van der Waals surface area contributed by atoms with Crippen LogP contribution in [0.4, 0.5) is 8.78 Å². The quantitative estimate of drug-likeness (QED) is 0.748. The summed E-state index contributed by atoms with van der Waals surface area (Å²) in [5, 5.41) is 3.50. The van der Waals surface area contributed by atoms with Crippen LogP contribution in [-0.4, -0.2) is 30.7 Å². The smallest absolute Gasteiger partial charge is 0.248 e. The molecule has 4 heteroatoms. The van der Waals surface area contributed by atoms with E-state index in [0.717, 1.165) is 6.54 Å². The number of rotatable bonds is 1. The van der Waals surface area contributed by atoms with Crippen LogP contribution in [0, 0.1) is 5.92 Å². The maximum Gasteiger partial charge on any atom is 0.248 e. The number of alkyl halides is 2. The summed E-state index contributed by atoms with van der Waals surface area (Å²) >= 11 is 0. The first-order chi connectivity index (χ1) is 7.61. The average molecular weight is 231 g/mol. The first kappa shape index (κ1) is 10.9. The molecule has 16 heavy (non-hydrogen) atoms. The van der Waals surface area contributed by atoms with Gasteiger partial charge in [0.2, 0.25) is 5.92 Å². The average Bonchev–Trinajstić information content (AvgIpc) is 3.08. The zero-order valence-electron chi connectivity index (χ0n) is 9.48. The molecule has 3 aliphatic rings. The van der Waals surface area contributed by atoms with E-state index in [9.17, 15) is 8.78 Å². The molecule has 2 aliphatic carbocycles. The summed E-state index contributed by atoms with van der Waals surface area (Å²) in [6.45, 7) is 1.55. The van der Waals surface area contributed by atoms with E-state index in [1.165, 1.54) is 12.8 Å². The van der Waals surface area contributed by atoms with Gasteiger partial charge < -0.3 is 10.1 Å². The predicted molar refractivity (Wildman–Crippen MR) is 56.6 cm³/mol. The molecule has 0 aromatic heterocycles. The Morgan fingerprint density at radius 2 is 1.75 bits per heavy atom. The zero-order chi connectivity index (χ0) is 11.2. The molecule has 92 valence electrons. The first-order valence-corrected chi connectivity index (χ1v) is 6.37. The van der Waals surface area contributed by atoms with Gasteiger partial charge in [0.15, 0.2) is 0 Å². The number of ether oxygens (including phenoxy) is 1. The molecule has 3 fully saturated rings. The van der Waals surface area contributed by atoms with Gasteiger partial charge in [0.25, 0.3) is 0 Å². The van der Waals surface area contributed by atoms with E-state index < -0.39 is 5.92 Å². The van der Waals surface area contributed by atoms with E-state index in [2.05, 4.69) is 5.32 Å². The molecule has 0 amide bonds. The van der Waals surface area contributed by atoms with Gasteiger partial charge in [-0.15, -0.1) is 0 Å². The first-order valence-electron chi connectivity index (χ1n) is 6.37. The molecule has 1 atom stereocenters. The highest BCUT2D eigenvalue weighted by Crippen LogP contribution is 2.48. The Morgan fingerprint density at radius 1 is 1.06 bits per heavy atom. The van der Waals surface area contributed by atoms with Crippen LogP contribution < -0.4 is 5.32 Å². The Bertz CT molecular complexity index is 268. The van der Waals surface area contributed by atoms with Crippen LogP contribution in [0.15, 0.2) is 0 Å². The van der Waals surface area contributed by atoms with Gasteiger partial charge in [0.1, 0.15) is 0 Å². The van der Waals surface area contributed by atoms with Gasteiger partial charge in [-0.2, -0.15) is 0 Å². The van der Waals surface area contributed by atoms with Gasteiger partial charge in [-0.05, 0) is 31.6 Å². The second-order valence-corrected chi connectivity index (χ2v) is 5.54. The normalized spacial score (nSPS) is 37.5. The fraction of sp³-hybridized carbons (Fsp3) is 1.00. The lowest BCUT2D eigenvalue weighted by molar-refractivity contribution is -0.164. The van der Waals surface area contributed by atoms with Gasteiger partial charge in [-0.3, -0.25) is 0 Å². The van der Waals surface area contributed by atoms with Crippen molar-refractivity contribution in [2.45, 2.75) is 56.1 Å². The molecule has 1 aliphatic heterocycles. The van der Waals surface area contributed by atoms with E-state index in [0.29, 0.717) is 31.4 Å². The Hall–Kier alpha value is -0.220. The topological polar surface area (TPSA) is 21.3 Å². The highest BCUT2D eigenvalue weighted by atomic mass is 19.3. The van der Waals surface area contributed by atoms with Crippen LogP contribution in [0.2, 0.25) is 0 Å². The molecular formula is C12H19F2NO. The van der Waals surface area contributed by atoms with Crippen LogP contribution in [-0.2, 0) is 4.74 Å². The number of hydrogen-bond donors (Lipinski definition) is 1. The van der Waals surface area contributed by atoms with Crippen molar-refractivity contribution in [1.29, 1.82) is 0 Å². The van der Waals surface area contributed by atoms with Crippen molar-refractivity contribution in [2.24, 2.45) is 5.92 Å². The summed E-state index contributed by atoms with van der Waals surface area (Å²) < 4.78 is 32.3. The molecule has 1 heterocycles. The van der Waals surface area contributed by atoms with Crippen molar-refractivity contribution in [3.05, 3.63) is 0 Å². The van der Waals surface area contributed by atoms with Crippen LogP contribution in [0.25, 0.3) is 0 Å². The van der Waals surface area contributed by atoms with Gasteiger partial charge in [0, 0.05) is 25.4 Å². The number of nitrogens with one attached hydrogen (secondary N) is 1. The molecule has 0 bridgehead atoms. The summed E-state index contributed by atoms with van der Waals surface area (Å²) in [5.74, 6) is -1.79. The van der Waals surface area contributed by atoms with Gasteiger partial charge in [0.05, 0.1) is 12.2 Å². The van der Waals surface area contributed by atoms with E-state index >= 15 is 0 Å². The Labute approximate surface area is 94.7 Å². The SMILES string of the molecule is FC1(F)CCC2(CC1)OCCNC2C1CC1. The minimum atomic E-state index is -2.46. The van der Waals surface area contributed by atoms with E-state index in [4.69, 9.17) is 4.74 Å². The number of halogens is 2. The Balaban J connectivity index is 1.74. The fourth-order valence-corrected chi connectivity index (χ4v) is 3.26. The Morgan fingerprint density at radius 3 is 2.38 bits per heavy atom. The minimum Gasteiger partial charge on any atom is -0.372 e. The summed E-state index contributed by atoms with van der Waals surface area (Å²) in [6, 6.07) is 0.331. The predicted octanol–water partition coefficient (Wildman–Crippen LogP) is 2.33. The lowest BCUT2D eigenvalue weighted by Gasteiger charge is -2.48. The highest BCUT2D eigenvalue weighted by Gasteiger charge is 2.53. The van der Waals surface area contributed by atoms with E-state index in [1.807, 2.05) is 0 Å². The lowest BCUT2D eigenvalue weighted by Crippen LogP contribution is -2.61. The zero-order valence-corrected chi connectivity index (χ0v) is 9.48. The number of morpholine rings is 1. The van der Waals surface area contributed by atoms with E-state index in [1.54, 1.807) is 0 Å². The maximum absolute atomic E-state index is 13.2. The molecule has 2 nitrogen and oxygen atoms in total. The molecule has 1 N–H and O–H groups in total. The molecule has 1 spiro atoms. The maximum atomic E-state index is 13.2. The third-order valence-electron chi connectivity index (χ3n) is 4.34. The van der Waals surface area contributed by atoms with Crippen LogP contribution in [0.3, 0.4) is 0 Å². The van der Waals surface area contributed by atoms with Crippen LogP contribution in [0.1, 0.15) is 38.5 Å². The highest BCUT2D eigenvalue weighted by molar-refractivity contribution is 5.06. The largest absolute Gasteiger partial charge is 0.372 e. The lowest BCUT2D eigenvalue weighted by atomic mass is 9.75. The standard InChI is InChI=1S/C12H19F2NO/c13-12(14)5-3-11(4-6-12)10(9-1-2-9)15-7-8-16-11/h9-10,15H,1-8H2. The minimum absolute atomic E-state index is 0.00208. The van der Waals surface area contributed by atoms with Crippen molar-refractivity contribution in [3.8, 4) is 0 Å². The van der Waals surface area contributed by atoms with Crippen molar-refractivity contribution in [3.63, 3.8) is 0 Å². The molecule has 0 aromatic carbocycles. The van der Waals surface area contributed by atoms with Crippen LogP contribution in [0.5, 0.6) is 0 Å². The molecule has 1 unspecified atom stereocenters. The van der Waals surface area contributed by atoms with E-state index in [-0.39, 0.29) is 18.4 Å². The molecular weight excluding hydrogens is 212 g/mol. The third-order valence-corrected chi connectivity index (χ3v) is 4.34. The van der Waals surface area contributed by atoms with Gasteiger partial charge in [-0.25, -0.2) is 8.78 Å². The van der Waals surface area contributed by atoms with Gasteiger partial charge >= 0.3 is 0 Å².